The van der Waals surface area contributed by atoms with E-state index in [1.807, 2.05) is 0 Å². The molecule has 1 aromatic heterocycles. The predicted octanol–water partition coefficient (Wildman–Crippen LogP) is 3.64. The molecule has 3 rings (SSSR count). The molecule has 1 aliphatic rings. The lowest BCUT2D eigenvalue weighted by Crippen LogP contribution is -2.43. The molecule has 2 aromatic rings. The molecule has 0 bridgehead atoms. The van der Waals surface area contributed by atoms with Crippen molar-refractivity contribution in [2.45, 2.75) is 44.9 Å². The zero-order valence-electron chi connectivity index (χ0n) is 12.1. The molecule has 1 aromatic carbocycles. The van der Waals surface area contributed by atoms with E-state index in [-0.39, 0.29) is 18.0 Å². The standard InChI is InChI=1S/C16H22N2O.ClH/c1-16(2)9-13(7-8-19-16)17-10-12-11-18-15-6-4-3-5-14(12)15;/h3-6,11,13,17-18H,7-10H2,1-2H3;1H. The largest absolute Gasteiger partial charge is 0.375 e. The first-order valence-electron chi connectivity index (χ1n) is 7.06. The number of hydrogen-bond acceptors (Lipinski definition) is 2. The minimum atomic E-state index is 0. The summed E-state index contributed by atoms with van der Waals surface area (Å²) >= 11 is 0. The Kier molecular flexibility index (Phi) is 4.74. The third kappa shape index (κ3) is 3.35. The van der Waals surface area contributed by atoms with E-state index in [4.69, 9.17) is 4.74 Å². The molecule has 0 amide bonds. The summed E-state index contributed by atoms with van der Waals surface area (Å²) in [4.78, 5) is 3.33. The van der Waals surface area contributed by atoms with E-state index in [2.05, 4.69) is 54.6 Å². The summed E-state index contributed by atoms with van der Waals surface area (Å²) in [7, 11) is 0. The fourth-order valence-corrected chi connectivity index (χ4v) is 2.94. The number of aromatic nitrogens is 1. The summed E-state index contributed by atoms with van der Waals surface area (Å²) in [6.45, 7) is 6.13. The van der Waals surface area contributed by atoms with Gasteiger partial charge in [-0.25, -0.2) is 0 Å². The Bertz CT molecular complexity index is 564. The van der Waals surface area contributed by atoms with Crippen LogP contribution in [0, 0.1) is 0 Å². The minimum absolute atomic E-state index is 0. The molecule has 1 aliphatic heterocycles. The summed E-state index contributed by atoms with van der Waals surface area (Å²) in [5, 5.41) is 4.99. The second-order valence-electron chi connectivity index (χ2n) is 6.04. The lowest BCUT2D eigenvalue weighted by atomic mass is 9.94. The number of hydrogen-bond donors (Lipinski definition) is 2. The van der Waals surface area contributed by atoms with Crippen LogP contribution < -0.4 is 5.32 Å². The quantitative estimate of drug-likeness (QED) is 0.907. The summed E-state index contributed by atoms with van der Waals surface area (Å²) in [5.41, 5.74) is 2.57. The van der Waals surface area contributed by atoms with Gasteiger partial charge in [-0.2, -0.15) is 0 Å². The molecule has 0 aliphatic carbocycles. The first-order chi connectivity index (χ1) is 9.14. The van der Waals surface area contributed by atoms with Crippen molar-refractivity contribution in [3.05, 3.63) is 36.0 Å². The van der Waals surface area contributed by atoms with Crippen LogP contribution in [0.15, 0.2) is 30.5 Å². The summed E-state index contributed by atoms with van der Waals surface area (Å²) < 4.78 is 5.76. The van der Waals surface area contributed by atoms with Gasteiger partial charge >= 0.3 is 0 Å². The van der Waals surface area contributed by atoms with E-state index in [1.54, 1.807) is 0 Å². The first-order valence-corrected chi connectivity index (χ1v) is 7.06. The summed E-state index contributed by atoms with van der Waals surface area (Å²) in [6, 6.07) is 9.01. The number of aromatic amines is 1. The van der Waals surface area contributed by atoms with Crippen LogP contribution in [0.4, 0.5) is 0 Å². The Hall–Kier alpha value is -1.03. The van der Waals surface area contributed by atoms with Crippen molar-refractivity contribution in [2.24, 2.45) is 0 Å². The number of para-hydroxylation sites is 1. The maximum Gasteiger partial charge on any atom is 0.0641 e. The van der Waals surface area contributed by atoms with Gasteiger partial charge in [0.1, 0.15) is 0 Å². The molecular formula is C16H23ClN2O. The van der Waals surface area contributed by atoms with Crippen molar-refractivity contribution in [2.75, 3.05) is 6.61 Å². The topological polar surface area (TPSA) is 37.0 Å². The van der Waals surface area contributed by atoms with Crippen LogP contribution in [-0.2, 0) is 11.3 Å². The van der Waals surface area contributed by atoms with Crippen molar-refractivity contribution in [1.82, 2.24) is 10.3 Å². The zero-order chi connectivity index (χ0) is 13.3. The summed E-state index contributed by atoms with van der Waals surface area (Å²) in [5.74, 6) is 0. The maximum atomic E-state index is 5.76. The minimum Gasteiger partial charge on any atom is -0.375 e. The number of fused-ring (bicyclic) bond motifs is 1. The number of halogens is 1. The third-order valence-electron chi connectivity index (χ3n) is 3.95. The van der Waals surface area contributed by atoms with Gasteiger partial charge in [0.2, 0.25) is 0 Å². The van der Waals surface area contributed by atoms with Gasteiger partial charge in [0.05, 0.1) is 5.60 Å². The third-order valence-corrected chi connectivity index (χ3v) is 3.95. The van der Waals surface area contributed by atoms with E-state index in [0.717, 1.165) is 26.0 Å². The highest BCUT2D eigenvalue weighted by Gasteiger charge is 2.28. The molecule has 1 atom stereocenters. The number of H-pyrrole nitrogens is 1. The van der Waals surface area contributed by atoms with Gasteiger partial charge in [-0.3, -0.25) is 0 Å². The van der Waals surface area contributed by atoms with Crippen molar-refractivity contribution in [1.29, 1.82) is 0 Å². The Balaban J connectivity index is 0.00000147. The average Bonchev–Trinajstić information content (AvgIpc) is 2.78. The van der Waals surface area contributed by atoms with Gasteiger partial charge in [0.15, 0.2) is 0 Å². The van der Waals surface area contributed by atoms with Gasteiger partial charge in [-0.05, 0) is 38.3 Å². The molecule has 2 N–H and O–H groups in total. The van der Waals surface area contributed by atoms with E-state index < -0.39 is 0 Å². The van der Waals surface area contributed by atoms with E-state index >= 15 is 0 Å². The molecule has 2 heterocycles. The van der Waals surface area contributed by atoms with Gasteiger partial charge in [-0.15, -0.1) is 12.4 Å². The van der Waals surface area contributed by atoms with Crippen LogP contribution in [0.2, 0.25) is 0 Å². The number of rotatable bonds is 3. The van der Waals surface area contributed by atoms with Crippen LogP contribution in [0.1, 0.15) is 32.3 Å². The summed E-state index contributed by atoms with van der Waals surface area (Å²) in [6.07, 6.45) is 4.29. The Morgan fingerprint density at radius 1 is 1.35 bits per heavy atom. The Morgan fingerprint density at radius 3 is 2.95 bits per heavy atom. The highest BCUT2D eigenvalue weighted by atomic mass is 35.5. The van der Waals surface area contributed by atoms with E-state index in [0.29, 0.717) is 6.04 Å². The lowest BCUT2D eigenvalue weighted by Gasteiger charge is -2.36. The fourth-order valence-electron chi connectivity index (χ4n) is 2.94. The van der Waals surface area contributed by atoms with Gasteiger partial charge in [0.25, 0.3) is 0 Å². The number of nitrogens with one attached hydrogen (secondary N) is 2. The smallest absolute Gasteiger partial charge is 0.0641 e. The van der Waals surface area contributed by atoms with Crippen LogP contribution in [0.25, 0.3) is 10.9 Å². The van der Waals surface area contributed by atoms with Crippen molar-refractivity contribution in [3.8, 4) is 0 Å². The monoisotopic (exact) mass is 294 g/mol. The van der Waals surface area contributed by atoms with Gasteiger partial charge < -0.3 is 15.0 Å². The number of benzene rings is 1. The molecule has 1 unspecified atom stereocenters. The van der Waals surface area contributed by atoms with E-state index in [1.165, 1.54) is 16.5 Å². The molecular weight excluding hydrogens is 272 g/mol. The van der Waals surface area contributed by atoms with Crippen molar-refractivity contribution < 1.29 is 4.74 Å². The first kappa shape index (κ1) is 15.4. The van der Waals surface area contributed by atoms with Crippen molar-refractivity contribution >= 4 is 23.3 Å². The van der Waals surface area contributed by atoms with Crippen LogP contribution in [-0.4, -0.2) is 23.2 Å². The molecule has 0 radical (unpaired) electrons. The molecule has 1 fully saturated rings. The molecule has 110 valence electrons. The van der Waals surface area contributed by atoms with Gasteiger partial charge in [-0.1, -0.05) is 18.2 Å². The van der Waals surface area contributed by atoms with Crippen molar-refractivity contribution in [3.63, 3.8) is 0 Å². The lowest BCUT2D eigenvalue weighted by molar-refractivity contribution is -0.0630. The molecule has 1 saturated heterocycles. The highest BCUT2D eigenvalue weighted by molar-refractivity contribution is 5.85. The molecule has 4 heteroatoms. The molecule has 20 heavy (non-hydrogen) atoms. The molecule has 3 nitrogen and oxygen atoms in total. The SMILES string of the molecule is CC1(C)CC(NCc2c[nH]c3ccccc23)CCO1.Cl. The molecule has 0 saturated carbocycles. The zero-order valence-corrected chi connectivity index (χ0v) is 12.9. The van der Waals surface area contributed by atoms with Crippen LogP contribution >= 0.6 is 12.4 Å². The van der Waals surface area contributed by atoms with E-state index in [9.17, 15) is 0 Å². The van der Waals surface area contributed by atoms with Gasteiger partial charge in [0, 0.05) is 36.3 Å². The fraction of sp³-hybridized carbons (Fsp3) is 0.500. The average molecular weight is 295 g/mol. The van der Waals surface area contributed by atoms with Crippen LogP contribution in [0.5, 0.6) is 0 Å². The Labute approximate surface area is 126 Å². The second-order valence-corrected chi connectivity index (χ2v) is 6.04. The number of ether oxygens (including phenoxy) is 1. The highest BCUT2D eigenvalue weighted by Crippen LogP contribution is 2.24. The Morgan fingerprint density at radius 2 is 2.15 bits per heavy atom. The molecule has 0 spiro atoms. The maximum absolute atomic E-state index is 5.76. The van der Waals surface area contributed by atoms with Crippen LogP contribution in [0.3, 0.4) is 0 Å². The normalized spacial score (nSPS) is 21.6. The predicted molar refractivity (Wildman–Crippen MR) is 85.4 cm³/mol. The second kappa shape index (κ2) is 6.17.